The second-order valence-corrected chi connectivity index (χ2v) is 7.07. The van der Waals surface area contributed by atoms with Gasteiger partial charge in [-0.2, -0.15) is 12.6 Å². The fourth-order valence-corrected chi connectivity index (χ4v) is 3.15. The van der Waals surface area contributed by atoms with E-state index in [1.165, 1.54) is 44.9 Å². The predicted octanol–water partition coefficient (Wildman–Crippen LogP) is 6.35. The molecule has 0 unspecified atom stereocenters. The zero-order valence-electron chi connectivity index (χ0n) is 15.5. The molecule has 0 aliphatic carbocycles. The van der Waals surface area contributed by atoms with Crippen LogP contribution in [-0.4, -0.2) is 18.1 Å². The highest BCUT2D eigenvalue weighted by molar-refractivity contribution is 7.80. The minimum absolute atomic E-state index is 0.0477. The number of rotatable bonds is 13. The van der Waals surface area contributed by atoms with Crippen molar-refractivity contribution < 1.29 is 9.53 Å². The standard InChI is InChI=1S/C23H30O2S/c24-23(20-12-8-7-9-13-20)21-14-16-22(17-15-21)25-18-10-5-3-1-2-4-6-11-19-26/h7-9,12-17,26H,1-6,10-11,18-19H2. The molecule has 0 fully saturated rings. The number of hydrogen-bond acceptors (Lipinski definition) is 3. The maximum atomic E-state index is 12.4. The first-order valence-electron chi connectivity index (χ1n) is 9.75. The average Bonchev–Trinajstić information content (AvgIpc) is 2.70. The Balaban J connectivity index is 1.60. The van der Waals surface area contributed by atoms with Gasteiger partial charge in [0.2, 0.25) is 0 Å². The molecule has 0 saturated heterocycles. The maximum absolute atomic E-state index is 12.4. The molecule has 0 heterocycles. The minimum Gasteiger partial charge on any atom is -0.494 e. The van der Waals surface area contributed by atoms with Gasteiger partial charge in [0, 0.05) is 11.1 Å². The monoisotopic (exact) mass is 370 g/mol. The lowest BCUT2D eigenvalue weighted by molar-refractivity contribution is 0.103. The van der Waals surface area contributed by atoms with E-state index in [1.54, 1.807) is 0 Å². The largest absolute Gasteiger partial charge is 0.494 e. The van der Waals surface area contributed by atoms with Gasteiger partial charge in [0.15, 0.2) is 5.78 Å². The van der Waals surface area contributed by atoms with Gasteiger partial charge in [-0.15, -0.1) is 0 Å². The van der Waals surface area contributed by atoms with Crippen molar-refractivity contribution >= 4 is 18.4 Å². The summed E-state index contributed by atoms with van der Waals surface area (Å²) in [4.78, 5) is 12.4. The summed E-state index contributed by atoms with van der Waals surface area (Å²) in [5.41, 5.74) is 1.41. The van der Waals surface area contributed by atoms with E-state index in [0.29, 0.717) is 11.1 Å². The fraction of sp³-hybridized carbons (Fsp3) is 0.435. The van der Waals surface area contributed by atoms with E-state index in [9.17, 15) is 4.79 Å². The number of ether oxygens (including phenoxy) is 1. The molecule has 0 aliphatic heterocycles. The Morgan fingerprint density at radius 1 is 0.692 bits per heavy atom. The maximum Gasteiger partial charge on any atom is 0.193 e. The molecule has 0 atom stereocenters. The molecule has 2 rings (SSSR count). The van der Waals surface area contributed by atoms with Gasteiger partial charge < -0.3 is 4.74 Å². The minimum atomic E-state index is 0.0477. The lowest BCUT2D eigenvalue weighted by Gasteiger charge is -2.07. The molecule has 0 radical (unpaired) electrons. The fourth-order valence-electron chi connectivity index (χ4n) is 2.92. The van der Waals surface area contributed by atoms with Gasteiger partial charge in [-0.05, 0) is 42.9 Å². The van der Waals surface area contributed by atoms with Crippen molar-refractivity contribution in [1.29, 1.82) is 0 Å². The van der Waals surface area contributed by atoms with Crippen molar-refractivity contribution in [1.82, 2.24) is 0 Å². The van der Waals surface area contributed by atoms with Crippen molar-refractivity contribution in [2.75, 3.05) is 12.4 Å². The van der Waals surface area contributed by atoms with Crippen molar-refractivity contribution in [3.8, 4) is 5.75 Å². The zero-order chi connectivity index (χ0) is 18.5. The Labute approximate surface area is 163 Å². The van der Waals surface area contributed by atoms with E-state index in [4.69, 9.17) is 4.74 Å². The van der Waals surface area contributed by atoms with Crippen molar-refractivity contribution in [2.45, 2.75) is 51.4 Å². The SMILES string of the molecule is O=C(c1ccccc1)c1ccc(OCCCCCCCCCCS)cc1. The number of ketones is 1. The van der Waals surface area contributed by atoms with Crippen LogP contribution in [0.5, 0.6) is 5.75 Å². The van der Waals surface area contributed by atoms with E-state index < -0.39 is 0 Å². The van der Waals surface area contributed by atoms with Crippen LogP contribution in [0.2, 0.25) is 0 Å². The summed E-state index contributed by atoms with van der Waals surface area (Å²) in [6.07, 6.45) is 10.1. The third-order valence-electron chi connectivity index (χ3n) is 4.47. The molecule has 140 valence electrons. The van der Waals surface area contributed by atoms with Crippen molar-refractivity contribution in [3.63, 3.8) is 0 Å². The molecular weight excluding hydrogens is 340 g/mol. The van der Waals surface area contributed by atoms with Crippen molar-refractivity contribution in [3.05, 3.63) is 65.7 Å². The topological polar surface area (TPSA) is 26.3 Å². The molecule has 0 saturated carbocycles. The highest BCUT2D eigenvalue weighted by Gasteiger charge is 2.08. The summed E-state index contributed by atoms with van der Waals surface area (Å²) < 4.78 is 5.79. The molecular formula is C23H30O2S. The molecule has 0 aliphatic rings. The number of carbonyl (C=O) groups is 1. The van der Waals surface area contributed by atoms with Gasteiger partial charge >= 0.3 is 0 Å². The normalized spacial score (nSPS) is 10.7. The quantitative estimate of drug-likeness (QED) is 0.253. The van der Waals surface area contributed by atoms with Crippen LogP contribution in [0.3, 0.4) is 0 Å². The second kappa shape index (κ2) is 12.6. The molecule has 0 amide bonds. The van der Waals surface area contributed by atoms with Crippen LogP contribution >= 0.6 is 12.6 Å². The molecule has 26 heavy (non-hydrogen) atoms. The van der Waals surface area contributed by atoms with E-state index in [0.717, 1.165) is 24.5 Å². The Bertz CT molecular complexity index is 622. The van der Waals surface area contributed by atoms with Crippen LogP contribution in [-0.2, 0) is 0 Å². The Morgan fingerprint density at radius 3 is 1.85 bits per heavy atom. The Kier molecular flexibility index (Phi) is 9.96. The number of benzene rings is 2. The van der Waals surface area contributed by atoms with E-state index in [1.807, 2.05) is 54.6 Å². The summed E-state index contributed by atoms with van der Waals surface area (Å²) >= 11 is 4.23. The first-order valence-corrected chi connectivity index (χ1v) is 10.4. The summed E-state index contributed by atoms with van der Waals surface area (Å²) in [6.45, 7) is 0.742. The summed E-state index contributed by atoms with van der Waals surface area (Å²) in [5, 5.41) is 0. The van der Waals surface area contributed by atoms with Crippen LogP contribution in [0.15, 0.2) is 54.6 Å². The molecule has 0 N–H and O–H groups in total. The number of carbonyl (C=O) groups excluding carboxylic acids is 1. The van der Waals surface area contributed by atoms with Gasteiger partial charge in [0.05, 0.1) is 6.61 Å². The van der Waals surface area contributed by atoms with Crippen LogP contribution in [0.4, 0.5) is 0 Å². The van der Waals surface area contributed by atoms with Crippen LogP contribution in [0, 0.1) is 0 Å². The Hall–Kier alpha value is -1.74. The highest BCUT2D eigenvalue weighted by Crippen LogP contribution is 2.16. The first kappa shape index (κ1) is 20.6. The summed E-state index contributed by atoms with van der Waals surface area (Å²) in [7, 11) is 0. The number of unbranched alkanes of at least 4 members (excludes halogenated alkanes) is 7. The van der Waals surface area contributed by atoms with Gasteiger partial charge in [0.25, 0.3) is 0 Å². The Morgan fingerprint density at radius 2 is 1.23 bits per heavy atom. The first-order chi connectivity index (χ1) is 12.8. The molecule has 0 bridgehead atoms. The molecule has 0 spiro atoms. The smallest absolute Gasteiger partial charge is 0.193 e. The third kappa shape index (κ3) is 7.65. The van der Waals surface area contributed by atoms with Crippen LogP contribution in [0.1, 0.15) is 67.3 Å². The van der Waals surface area contributed by atoms with Crippen LogP contribution in [0.25, 0.3) is 0 Å². The predicted molar refractivity (Wildman–Crippen MR) is 113 cm³/mol. The molecule has 2 aromatic rings. The van der Waals surface area contributed by atoms with Gasteiger partial charge in [0.1, 0.15) is 5.75 Å². The van der Waals surface area contributed by atoms with Gasteiger partial charge in [-0.25, -0.2) is 0 Å². The lowest BCUT2D eigenvalue weighted by Crippen LogP contribution is -2.01. The van der Waals surface area contributed by atoms with Gasteiger partial charge in [-0.3, -0.25) is 4.79 Å². The molecule has 3 heteroatoms. The summed E-state index contributed by atoms with van der Waals surface area (Å²) in [5.74, 6) is 1.89. The number of hydrogen-bond donors (Lipinski definition) is 1. The second-order valence-electron chi connectivity index (χ2n) is 6.62. The lowest BCUT2D eigenvalue weighted by atomic mass is 10.0. The molecule has 0 aromatic heterocycles. The van der Waals surface area contributed by atoms with Gasteiger partial charge in [-0.1, -0.05) is 68.9 Å². The van der Waals surface area contributed by atoms with E-state index in [2.05, 4.69) is 12.6 Å². The third-order valence-corrected chi connectivity index (χ3v) is 4.79. The molecule has 2 aromatic carbocycles. The average molecular weight is 371 g/mol. The van der Waals surface area contributed by atoms with Crippen molar-refractivity contribution in [2.24, 2.45) is 0 Å². The van der Waals surface area contributed by atoms with Crippen LogP contribution < -0.4 is 4.74 Å². The zero-order valence-corrected chi connectivity index (χ0v) is 16.4. The number of thiol groups is 1. The summed E-state index contributed by atoms with van der Waals surface area (Å²) in [6, 6.07) is 16.8. The van der Waals surface area contributed by atoms with E-state index in [-0.39, 0.29) is 5.78 Å². The van der Waals surface area contributed by atoms with E-state index >= 15 is 0 Å². The molecule has 2 nitrogen and oxygen atoms in total. The highest BCUT2D eigenvalue weighted by atomic mass is 32.1.